The van der Waals surface area contributed by atoms with E-state index in [0.717, 1.165) is 44.1 Å². The second-order valence-corrected chi connectivity index (χ2v) is 5.13. The summed E-state index contributed by atoms with van der Waals surface area (Å²) in [7, 11) is 0. The summed E-state index contributed by atoms with van der Waals surface area (Å²) in [5.74, 6) is -0.354. The SMILES string of the molecule is Cl.O=C(CN1CCCC1)Nc1cc(C(F)(F)F)ccc1Cl. The molecular weight excluding hydrogens is 328 g/mol. The Bertz CT molecular complexity index is 503. The molecule has 0 saturated carbocycles. The van der Waals surface area contributed by atoms with E-state index in [1.165, 1.54) is 0 Å². The van der Waals surface area contributed by atoms with Crippen molar-refractivity contribution in [3.63, 3.8) is 0 Å². The third kappa shape index (κ3) is 5.05. The molecule has 0 spiro atoms. The molecule has 2 rings (SSSR count). The van der Waals surface area contributed by atoms with Crippen molar-refractivity contribution in [1.29, 1.82) is 0 Å². The lowest BCUT2D eigenvalue weighted by Crippen LogP contribution is -2.31. The smallest absolute Gasteiger partial charge is 0.324 e. The van der Waals surface area contributed by atoms with Crippen LogP contribution >= 0.6 is 24.0 Å². The van der Waals surface area contributed by atoms with Gasteiger partial charge in [-0.05, 0) is 44.1 Å². The molecule has 0 radical (unpaired) electrons. The summed E-state index contributed by atoms with van der Waals surface area (Å²) in [6, 6.07) is 2.87. The molecule has 1 fully saturated rings. The maximum atomic E-state index is 12.6. The topological polar surface area (TPSA) is 32.3 Å². The Kier molecular flexibility index (Phi) is 6.31. The van der Waals surface area contributed by atoms with Gasteiger partial charge in [-0.15, -0.1) is 12.4 Å². The van der Waals surface area contributed by atoms with Crippen LogP contribution in [0, 0.1) is 0 Å². The number of hydrogen-bond acceptors (Lipinski definition) is 2. The number of carbonyl (C=O) groups is 1. The molecule has 0 aliphatic carbocycles. The van der Waals surface area contributed by atoms with Crippen LogP contribution in [-0.4, -0.2) is 30.4 Å². The van der Waals surface area contributed by atoms with E-state index in [1.54, 1.807) is 0 Å². The number of halogens is 5. The van der Waals surface area contributed by atoms with Crippen LogP contribution in [0.25, 0.3) is 0 Å². The van der Waals surface area contributed by atoms with E-state index in [9.17, 15) is 18.0 Å². The maximum absolute atomic E-state index is 12.6. The van der Waals surface area contributed by atoms with Crippen LogP contribution in [0.3, 0.4) is 0 Å². The van der Waals surface area contributed by atoms with Crippen molar-refractivity contribution in [2.75, 3.05) is 25.0 Å². The maximum Gasteiger partial charge on any atom is 0.416 e. The first-order chi connectivity index (χ1) is 9.36. The minimum Gasteiger partial charge on any atom is -0.324 e. The van der Waals surface area contributed by atoms with Gasteiger partial charge in [-0.1, -0.05) is 11.6 Å². The van der Waals surface area contributed by atoms with Crippen molar-refractivity contribution in [2.24, 2.45) is 0 Å². The van der Waals surface area contributed by atoms with E-state index in [1.807, 2.05) is 4.90 Å². The van der Waals surface area contributed by atoms with Crippen LogP contribution in [0.15, 0.2) is 18.2 Å². The van der Waals surface area contributed by atoms with Crippen molar-refractivity contribution < 1.29 is 18.0 Å². The van der Waals surface area contributed by atoms with Gasteiger partial charge in [0.05, 0.1) is 22.8 Å². The van der Waals surface area contributed by atoms with Gasteiger partial charge >= 0.3 is 6.18 Å². The Morgan fingerprint density at radius 1 is 1.29 bits per heavy atom. The van der Waals surface area contributed by atoms with E-state index in [2.05, 4.69) is 5.32 Å². The lowest BCUT2D eigenvalue weighted by molar-refractivity contribution is -0.137. The molecule has 0 bridgehead atoms. The molecule has 1 heterocycles. The van der Waals surface area contributed by atoms with Gasteiger partial charge in [0.25, 0.3) is 0 Å². The number of anilines is 1. The van der Waals surface area contributed by atoms with Crippen molar-refractivity contribution >= 4 is 35.6 Å². The van der Waals surface area contributed by atoms with Crippen LogP contribution < -0.4 is 5.32 Å². The third-order valence-electron chi connectivity index (χ3n) is 3.13. The molecular formula is C13H15Cl2F3N2O. The third-order valence-corrected chi connectivity index (χ3v) is 3.46. The average Bonchev–Trinajstić information content (AvgIpc) is 2.83. The summed E-state index contributed by atoms with van der Waals surface area (Å²) in [6.07, 6.45) is -2.38. The molecule has 1 aromatic rings. The normalized spacial score (nSPS) is 15.6. The van der Waals surface area contributed by atoms with Crippen LogP contribution in [0.4, 0.5) is 18.9 Å². The van der Waals surface area contributed by atoms with Crippen LogP contribution in [0.5, 0.6) is 0 Å². The average molecular weight is 343 g/mol. The number of nitrogens with zero attached hydrogens (tertiary/aromatic N) is 1. The number of rotatable bonds is 3. The van der Waals surface area contributed by atoms with Gasteiger partial charge in [0.2, 0.25) is 5.91 Å². The number of likely N-dealkylation sites (tertiary alicyclic amines) is 1. The first-order valence-electron chi connectivity index (χ1n) is 6.25. The molecule has 1 saturated heterocycles. The van der Waals surface area contributed by atoms with E-state index in [4.69, 9.17) is 11.6 Å². The fraction of sp³-hybridized carbons (Fsp3) is 0.462. The van der Waals surface area contributed by atoms with Gasteiger partial charge in [-0.3, -0.25) is 9.69 Å². The minimum atomic E-state index is -4.46. The first-order valence-corrected chi connectivity index (χ1v) is 6.63. The highest BCUT2D eigenvalue weighted by Gasteiger charge is 2.31. The Morgan fingerprint density at radius 2 is 1.90 bits per heavy atom. The second-order valence-electron chi connectivity index (χ2n) is 4.72. The van der Waals surface area contributed by atoms with Crippen molar-refractivity contribution in [3.8, 4) is 0 Å². The van der Waals surface area contributed by atoms with Crippen molar-refractivity contribution in [2.45, 2.75) is 19.0 Å². The highest BCUT2D eigenvalue weighted by Crippen LogP contribution is 2.33. The number of alkyl halides is 3. The molecule has 8 heteroatoms. The molecule has 1 aromatic carbocycles. The second kappa shape index (κ2) is 7.33. The number of hydrogen-bond donors (Lipinski definition) is 1. The summed E-state index contributed by atoms with van der Waals surface area (Å²) in [6.45, 7) is 1.85. The van der Waals surface area contributed by atoms with Crippen LogP contribution in [0.2, 0.25) is 5.02 Å². The predicted octanol–water partition coefficient (Wildman–Crippen LogP) is 3.81. The highest BCUT2D eigenvalue weighted by atomic mass is 35.5. The first kappa shape index (κ1) is 18.1. The Hall–Kier alpha value is -0.980. The quantitative estimate of drug-likeness (QED) is 0.905. The lowest BCUT2D eigenvalue weighted by Gasteiger charge is -2.15. The molecule has 1 amide bonds. The standard InChI is InChI=1S/C13H14ClF3N2O.ClH/c14-10-4-3-9(13(15,16)17)7-11(10)18-12(20)8-19-5-1-2-6-19;/h3-4,7H,1-2,5-6,8H2,(H,18,20);1H. The molecule has 0 atom stereocenters. The van der Waals surface area contributed by atoms with Gasteiger partial charge in [0, 0.05) is 0 Å². The fourth-order valence-electron chi connectivity index (χ4n) is 2.13. The molecule has 0 aromatic heterocycles. The summed E-state index contributed by atoms with van der Waals surface area (Å²) in [5.41, 5.74) is -0.843. The number of nitrogens with one attached hydrogen (secondary N) is 1. The van der Waals surface area contributed by atoms with E-state index < -0.39 is 11.7 Å². The number of amides is 1. The van der Waals surface area contributed by atoms with Crippen LogP contribution in [-0.2, 0) is 11.0 Å². The number of benzene rings is 1. The highest BCUT2D eigenvalue weighted by molar-refractivity contribution is 6.33. The Balaban J connectivity index is 0.00000220. The molecule has 21 heavy (non-hydrogen) atoms. The zero-order chi connectivity index (χ0) is 14.8. The van der Waals surface area contributed by atoms with E-state index in [0.29, 0.717) is 0 Å². The van der Waals surface area contributed by atoms with Crippen molar-refractivity contribution in [3.05, 3.63) is 28.8 Å². The Labute approximate surface area is 131 Å². The van der Waals surface area contributed by atoms with Gasteiger partial charge in [-0.2, -0.15) is 13.2 Å². The summed E-state index contributed by atoms with van der Waals surface area (Å²) in [4.78, 5) is 13.7. The van der Waals surface area contributed by atoms with Gasteiger partial charge < -0.3 is 5.32 Å². The summed E-state index contributed by atoms with van der Waals surface area (Å²) in [5, 5.41) is 2.53. The van der Waals surface area contributed by atoms with Gasteiger partial charge in [0.15, 0.2) is 0 Å². The monoisotopic (exact) mass is 342 g/mol. The number of carbonyl (C=O) groups excluding carboxylic acids is 1. The zero-order valence-electron chi connectivity index (χ0n) is 11.0. The minimum absolute atomic E-state index is 0. The fourth-order valence-corrected chi connectivity index (χ4v) is 2.30. The van der Waals surface area contributed by atoms with E-state index >= 15 is 0 Å². The Morgan fingerprint density at radius 3 is 2.48 bits per heavy atom. The van der Waals surface area contributed by atoms with Crippen LogP contribution in [0.1, 0.15) is 18.4 Å². The molecule has 0 unspecified atom stereocenters. The van der Waals surface area contributed by atoms with Gasteiger partial charge in [-0.25, -0.2) is 0 Å². The van der Waals surface area contributed by atoms with E-state index in [-0.39, 0.29) is 35.6 Å². The summed E-state index contributed by atoms with van der Waals surface area (Å²) < 4.78 is 37.8. The molecule has 1 aliphatic rings. The largest absolute Gasteiger partial charge is 0.416 e. The molecule has 118 valence electrons. The summed E-state index contributed by atoms with van der Waals surface area (Å²) >= 11 is 5.81. The zero-order valence-corrected chi connectivity index (χ0v) is 12.6. The van der Waals surface area contributed by atoms with Gasteiger partial charge in [0.1, 0.15) is 0 Å². The molecule has 1 aliphatic heterocycles. The predicted molar refractivity (Wildman–Crippen MR) is 78.0 cm³/mol. The molecule has 1 N–H and O–H groups in total. The van der Waals surface area contributed by atoms with Crippen molar-refractivity contribution in [1.82, 2.24) is 4.90 Å². The molecule has 3 nitrogen and oxygen atoms in total. The lowest BCUT2D eigenvalue weighted by atomic mass is 10.2.